The van der Waals surface area contributed by atoms with Gasteiger partial charge in [-0.1, -0.05) is 11.6 Å². The van der Waals surface area contributed by atoms with E-state index in [0.717, 1.165) is 10.2 Å². The summed E-state index contributed by atoms with van der Waals surface area (Å²) >= 11 is 9.35. The molecule has 0 aliphatic carbocycles. The number of aromatic nitrogens is 4. The third kappa shape index (κ3) is 2.09. The van der Waals surface area contributed by atoms with Crippen molar-refractivity contribution in [2.24, 2.45) is 5.73 Å². The Hall–Kier alpha value is -0.980. The van der Waals surface area contributed by atoms with Crippen molar-refractivity contribution in [3.8, 4) is 5.69 Å². The Labute approximate surface area is 106 Å². The van der Waals surface area contributed by atoms with Gasteiger partial charge in [0.2, 0.25) is 0 Å². The van der Waals surface area contributed by atoms with Crippen LogP contribution in [0.5, 0.6) is 0 Å². The minimum atomic E-state index is -0.249. The number of nitrogens with zero attached hydrogens (tertiary/aromatic N) is 4. The Bertz CT molecular complexity index is 510. The maximum Gasteiger partial charge on any atom is 0.173 e. The summed E-state index contributed by atoms with van der Waals surface area (Å²) in [5, 5.41) is 12.0. The van der Waals surface area contributed by atoms with Crippen LogP contribution in [0.1, 0.15) is 18.8 Å². The van der Waals surface area contributed by atoms with Crippen LogP contribution < -0.4 is 5.73 Å². The van der Waals surface area contributed by atoms with Gasteiger partial charge in [-0.3, -0.25) is 0 Å². The highest BCUT2D eigenvalue weighted by Gasteiger charge is 2.14. The van der Waals surface area contributed by atoms with E-state index in [1.165, 1.54) is 0 Å². The SMILES string of the molecule is CC(N)c1nnnn1-c1cc(Cl)ccc1Br. The average molecular weight is 303 g/mol. The molecule has 0 saturated heterocycles. The van der Waals surface area contributed by atoms with Crippen molar-refractivity contribution in [3.05, 3.63) is 33.5 Å². The van der Waals surface area contributed by atoms with E-state index in [1.54, 1.807) is 16.8 Å². The number of hydrogen-bond acceptors (Lipinski definition) is 4. The van der Waals surface area contributed by atoms with Crippen molar-refractivity contribution in [2.75, 3.05) is 0 Å². The minimum Gasteiger partial charge on any atom is -0.321 e. The van der Waals surface area contributed by atoms with Gasteiger partial charge >= 0.3 is 0 Å². The van der Waals surface area contributed by atoms with Crippen LogP contribution in [0.15, 0.2) is 22.7 Å². The molecule has 7 heteroatoms. The summed E-state index contributed by atoms with van der Waals surface area (Å²) in [6, 6.07) is 5.14. The predicted molar refractivity (Wildman–Crippen MR) is 64.5 cm³/mol. The zero-order chi connectivity index (χ0) is 11.7. The summed E-state index contributed by atoms with van der Waals surface area (Å²) < 4.78 is 2.42. The molecule has 0 saturated carbocycles. The molecule has 0 fully saturated rings. The second-order valence-corrected chi connectivity index (χ2v) is 4.62. The number of hydrogen-bond donors (Lipinski definition) is 1. The fraction of sp³-hybridized carbons (Fsp3) is 0.222. The third-order valence-corrected chi connectivity index (χ3v) is 2.94. The first-order valence-electron chi connectivity index (χ1n) is 4.59. The maximum atomic E-state index is 5.93. The van der Waals surface area contributed by atoms with Gasteiger partial charge in [0.25, 0.3) is 0 Å². The number of nitrogens with two attached hydrogens (primary N) is 1. The van der Waals surface area contributed by atoms with E-state index < -0.39 is 0 Å². The number of tetrazole rings is 1. The van der Waals surface area contributed by atoms with E-state index in [0.29, 0.717) is 10.8 Å². The van der Waals surface area contributed by atoms with Crippen molar-refractivity contribution in [2.45, 2.75) is 13.0 Å². The van der Waals surface area contributed by atoms with Crippen LogP contribution in [0.2, 0.25) is 5.02 Å². The zero-order valence-electron chi connectivity index (χ0n) is 8.43. The summed E-state index contributed by atoms with van der Waals surface area (Å²) in [5.74, 6) is 0.586. The molecule has 1 unspecified atom stereocenters. The van der Waals surface area contributed by atoms with E-state index in [9.17, 15) is 0 Å². The zero-order valence-corrected chi connectivity index (χ0v) is 10.8. The molecule has 0 bridgehead atoms. The molecule has 1 aromatic carbocycles. The van der Waals surface area contributed by atoms with Gasteiger partial charge in [0.15, 0.2) is 5.82 Å². The van der Waals surface area contributed by atoms with Gasteiger partial charge in [-0.2, -0.15) is 4.68 Å². The molecule has 0 aliphatic rings. The van der Waals surface area contributed by atoms with Crippen molar-refractivity contribution in [1.82, 2.24) is 20.2 Å². The largest absolute Gasteiger partial charge is 0.321 e. The quantitative estimate of drug-likeness (QED) is 0.922. The monoisotopic (exact) mass is 301 g/mol. The molecule has 16 heavy (non-hydrogen) atoms. The lowest BCUT2D eigenvalue weighted by Crippen LogP contribution is -2.13. The van der Waals surface area contributed by atoms with Gasteiger partial charge in [-0.25, -0.2) is 0 Å². The Morgan fingerprint density at radius 2 is 2.25 bits per heavy atom. The minimum absolute atomic E-state index is 0.249. The number of halogens is 2. The molecule has 0 spiro atoms. The highest BCUT2D eigenvalue weighted by Crippen LogP contribution is 2.25. The van der Waals surface area contributed by atoms with E-state index in [-0.39, 0.29) is 6.04 Å². The summed E-state index contributed by atoms with van der Waals surface area (Å²) in [7, 11) is 0. The van der Waals surface area contributed by atoms with E-state index in [1.807, 2.05) is 13.0 Å². The third-order valence-electron chi connectivity index (χ3n) is 2.04. The molecule has 1 heterocycles. The first-order valence-corrected chi connectivity index (χ1v) is 5.76. The average Bonchev–Trinajstić information content (AvgIpc) is 2.70. The Morgan fingerprint density at radius 3 is 2.94 bits per heavy atom. The second-order valence-electron chi connectivity index (χ2n) is 3.33. The highest BCUT2D eigenvalue weighted by molar-refractivity contribution is 9.10. The van der Waals surface area contributed by atoms with Gasteiger partial charge in [-0.05, 0) is 51.5 Å². The maximum absolute atomic E-state index is 5.93. The molecular weight excluding hydrogens is 293 g/mol. The predicted octanol–water partition coefficient (Wildman–Crippen LogP) is 2.10. The smallest absolute Gasteiger partial charge is 0.173 e. The lowest BCUT2D eigenvalue weighted by atomic mass is 10.3. The molecule has 2 aromatic rings. The number of rotatable bonds is 2. The van der Waals surface area contributed by atoms with Gasteiger partial charge in [0.1, 0.15) is 0 Å². The molecule has 1 atom stereocenters. The van der Waals surface area contributed by atoms with Crippen LogP contribution in [0.3, 0.4) is 0 Å². The first kappa shape index (κ1) is 11.5. The highest BCUT2D eigenvalue weighted by atomic mass is 79.9. The van der Waals surface area contributed by atoms with Gasteiger partial charge in [0.05, 0.1) is 11.7 Å². The summed E-state index contributed by atoms with van der Waals surface area (Å²) in [6.45, 7) is 1.82. The summed E-state index contributed by atoms with van der Waals surface area (Å²) in [4.78, 5) is 0. The lowest BCUT2D eigenvalue weighted by molar-refractivity contribution is 0.687. The van der Waals surface area contributed by atoms with Crippen molar-refractivity contribution >= 4 is 27.5 Å². The van der Waals surface area contributed by atoms with Crippen LogP contribution >= 0.6 is 27.5 Å². The van der Waals surface area contributed by atoms with Crippen molar-refractivity contribution in [1.29, 1.82) is 0 Å². The van der Waals surface area contributed by atoms with Crippen molar-refractivity contribution in [3.63, 3.8) is 0 Å². The first-order chi connectivity index (χ1) is 7.59. The molecule has 5 nitrogen and oxygen atoms in total. The molecule has 0 amide bonds. The van der Waals surface area contributed by atoms with Gasteiger partial charge < -0.3 is 5.73 Å². The molecular formula is C9H9BrClN5. The topological polar surface area (TPSA) is 69.6 Å². The van der Waals surface area contributed by atoms with E-state index >= 15 is 0 Å². The molecule has 2 rings (SSSR count). The summed E-state index contributed by atoms with van der Waals surface area (Å²) in [6.07, 6.45) is 0. The molecule has 84 valence electrons. The van der Waals surface area contributed by atoms with Crippen LogP contribution in [-0.4, -0.2) is 20.2 Å². The fourth-order valence-electron chi connectivity index (χ4n) is 1.30. The standard InChI is InChI=1S/C9H9BrClN5/c1-5(12)9-13-14-15-16(9)8-4-6(11)2-3-7(8)10/h2-5H,12H2,1H3. The van der Waals surface area contributed by atoms with E-state index in [4.69, 9.17) is 17.3 Å². The van der Waals surface area contributed by atoms with Crippen LogP contribution in [-0.2, 0) is 0 Å². The van der Waals surface area contributed by atoms with E-state index in [2.05, 4.69) is 31.5 Å². The van der Waals surface area contributed by atoms with Crippen LogP contribution in [0, 0.1) is 0 Å². The van der Waals surface area contributed by atoms with Gasteiger partial charge in [-0.15, -0.1) is 5.10 Å². The van der Waals surface area contributed by atoms with Crippen LogP contribution in [0.4, 0.5) is 0 Å². The van der Waals surface area contributed by atoms with Crippen molar-refractivity contribution < 1.29 is 0 Å². The molecule has 0 radical (unpaired) electrons. The number of benzene rings is 1. The Kier molecular flexibility index (Phi) is 3.22. The van der Waals surface area contributed by atoms with Crippen LogP contribution in [0.25, 0.3) is 5.69 Å². The Balaban J connectivity index is 2.58. The van der Waals surface area contributed by atoms with Gasteiger partial charge in [0, 0.05) is 9.50 Å². The summed E-state index contributed by atoms with van der Waals surface area (Å²) in [5.41, 5.74) is 6.54. The molecule has 1 aromatic heterocycles. The lowest BCUT2D eigenvalue weighted by Gasteiger charge is -2.08. The normalized spacial score (nSPS) is 12.8. The Morgan fingerprint density at radius 1 is 1.50 bits per heavy atom. The molecule has 2 N–H and O–H groups in total. The molecule has 0 aliphatic heterocycles. The second kappa shape index (κ2) is 4.48. The fourth-order valence-corrected chi connectivity index (χ4v) is 1.88.